The lowest BCUT2D eigenvalue weighted by Gasteiger charge is -2.23. The van der Waals surface area contributed by atoms with Gasteiger partial charge in [0.1, 0.15) is 5.84 Å². The van der Waals surface area contributed by atoms with Crippen molar-refractivity contribution in [2.45, 2.75) is 26.3 Å². The maximum atomic E-state index is 7.39. The van der Waals surface area contributed by atoms with E-state index >= 15 is 0 Å². The predicted octanol–water partition coefficient (Wildman–Crippen LogP) is 1.58. The first-order valence-corrected chi connectivity index (χ1v) is 4.47. The first kappa shape index (κ1) is 10.5. The summed E-state index contributed by atoms with van der Waals surface area (Å²) in [7, 11) is 0. The highest BCUT2D eigenvalue weighted by Crippen LogP contribution is 2.17. The molecule has 0 saturated heterocycles. The Hall–Kier alpha value is -1.58. The van der Waals surface area contributed by atoms with Crippen molar-refractivity contribution in [2.24, 2.45) is 5.73 Å². The van der Waals surface area contributed by atoms with E-state index in [1.54, 1.807) is 18.5 Å². The van der Waals surface area contributed by atoms with Gasteiger partial charge >= 0.3 is 0 Å². The van der Waals surface area contributed by atoms with Gasteiger partial charge in [-0.15, -0.1) is 0 Å². The maximum absolute atomic E-state index is 7.39. The van der Waals surface area contributed by atoms with Crippen LogP contribution in [0.5, 0.6) is 0 Å². The van der Waals surface area contributed by atoms with Crippen LogP contribution < -0.4 is 11.1 Å². The minimum Gasteiger partial charge on any atom is -0.384 e. The van der Waals surface area contributed by atoms with Crippen molar-refractivity contribution in [3.05, 3.63) is 24.0 Å². The summed E-state index contributed by atoms with van der Waals surface area (Å²) in [6.07, 6.45) is 3.31. The monoisotopic (exact) mass is 192 g/mol. The average molecular weight is 192 g/mol. The largest absolute Gasteiger partial charge is 0.384 e. The predicted molar refractivity (Wildman–Crippen MR) is 58.6 cm³/mol. The Morgan fingerprint density at radius 3 is 2.64 bits per heavy atom. The van der Waals surface area contributed by atoms with E-state index in [0.717, 1.165) is 5.69 Å². The maximum Gasteiger partial charge on any atom is 0.125 e. The van der Waals surface area contributed by atoms with Gasteiger partial charge in [-0.25, -0.2) is 0 Å². The molecule has 4 N–H and O–H groups in total. The number of anilines is 1. The van der Waals surface area contributed by atoms with Gasteiger partial charge in [0.2, 0.25) is 0 Å². The summed E-state index contributed by atoms with van der Waals surface area (Å²) in [4.78, 5) is 4.00. The molecule has 14 heavy (non-hydrogen) atoms. The number of nitrogens with zero attached hydrogens (tertiary/aromatic N) is 1. The molecule has 0 amide bonds. The van der Waals surface area contributed by atoms with Crippen molar-refractivity contribution in [1.29, 1.82) is 5.41 Å². The molecule has 0 aliphatic heterocycles. The molecule has 4 heteroatoms. The molecule has 0 aliphatic rings. The Morgan fingerprint density at radius 2 is 2.14 bits per heavy atom. The molecule has 0 radical (unpaired) electrons. The number of nitrogens with one attached hydrogen (secondary N) is 2. The zero-order valence-electron chi connectivity index (χ0n) is 8.76. The van der Waals surface area contributed by atoms with E-state index in [-0.39, 0.29) is 11.4 Å². The van der Waals surface area contributed by atoms with Crippen molar-refractivity contribution in [2.75, 3.05) is 5.32 Å². The van der Waals surface area contributed by atoms with Gasteiger partial charge in [0.05, 0.1) is 11.9 Å². The first-order chi connectivity index (χ1) is 6.40. The molecule has 0 fully saturated rings. The molecule has 1 heterocycles. The zero-order chi connectivity index (χ0) is 10.8. The number of nitrogens with two attached hydrogens (primary N) is 1. The van der Waals surface area contributed by atoms with Crippen molar-refractivity contribution in [3.8, 4) is 0 Å². The molecule has 76 valence electrons. The van der Waals surface area contributed by atoms with Gasteiger partial charge in [0.25, 0.3) is 0 Å². The number of aromatic nitrogens is 1. The van der Waals surface area contributed by atoms with Gasteiger partial charge in [0, 0.05) is 17.3 Å². The third kappa shape index (κ3) is 2.73. The van der Waals surface area contributed by atoms with E-state index in [4.69, 9.17) is 11.1 Å². The van der Waals surface area contributed by atoms with Gasteiger partial charge in [-0.05, 0) is 26.8 Å². The van der Waals surface area contributed by atoms with Crippen LogP contribution in [0, 0.1) is 5.41 Å². The molecule has 0 bridgehead atoms. The molecular weight excluding hydrogens is 176 g/mol. The molecule has 0 unspecified atom stereocenters. The molecule has 0 saturated carbocycles. The standard InChI is InChI=1S/C10H16N4/c1-10(2,3)14-8-6-13-5-4-7(8)9(11)12/h4-6,14H,1-3H3,(H3,11,12). The summed E-state index contributed by atoms with van der Waals surface area (Å²) < 4.78 is 0. The Bertz CT molecular complexity index is 338. The van der Waals surface area contributed by atoms with Crippen LogP contribution in [0.4, 0.5) is 5.69 Å². The summed E-state index contributed by atoms with van der Waals surface area (Å²) in [5.74, 6) is 0.0548. The van der Waals surface area contributed by atoms with Crippen LogP contribution in [0.1, 0.15) is 26.3 Å². The highest BCUT2D eigenvalue weighted by molar-refractivity contribution is 6.00. The fourth-order valence-corrected chi connectivity index (χ4v) is 1.13. The van der Waals surface area contributed by atoms with E-state index < -0.39 is 0 Å². The Balaban J connectivity index is 3.02. The minimum atomic E-state index is -0.0623. The lowest BCUT2D eigenvalue weighted by molar-refractivity contribution is 0.633. The van der Waals surface area contributed by atoms with E-state index in [1.807, 2.05) is 20.8 Å². The van der Waals surface area contributed by atoms with Crippen molar-refractivity contribution in [3.63, 3.8) is 0 Å². The lowest BCUT2D eigenvalue weighted by atomic mass is 10.1. The highest BCUT2D eigenvalue weighted by Gasteiger charge is 2.12. The summed E-state index contributed by atoms with van der Waals surface area (Å²) in [5.41, 5.74) is 6.88. The SMILES string of the molecule is CC(C)(C)Nc1cnccc1C(=N)N. The normalized spacial score (nSPS) is 11.1. The second kappa shape index (κ2) is 3.65. The molecule has 0 spiro atoms. The van der Waals surface area contributed by atoms with E-state index in [1.165, 1.54) is 0 Å². The van der Waals surface area contributed by atoms with Crippen molar-refractivity contribution >= 4 is 11.5 Å². The zero-order valence-corrected chi connectivity index (χ0v) is 8.76. The third-order valence-electron chi connectivity index (χ3n) is 1.62. The molecule has 0 aliphatic carbocycles. The Morgan fingerprint density at radius 1 is 1.50 bits per heavy atom. The van der Waals surface area contributed by atoms with Crippen LogP contribution in [0.2, 0.25) is 0 Å². The third-order valence-corrected chi connectivity index (χ3v) is 1.62. The van der Waals surface area contributed by atoms with Crippen LogP contribution in [-0.4, -0.2) is 16.4 Å². The van der Waals surface area contributed by atoms with Crippen molar-refractivity contribution < 1.29 is 0 Å². The second-order valence-electron chi connectivity index (χ2n) is 4.21. The van der Waals surface area contributed by atoms with Crippen LogP contribution in [-0.2, 0) is 0 Å². The minimum absolute atomic E-state index is 0.0548. The smallest absolute Gasteiger partial charge is 0.125 e. The molecular formula is C10H16N4. The molecule has 1 rings (SSSR count). The summed E-state index contributed by atoms with van der Waals surface area (Å²) in [6.45, 7) is 6.14. The van der Waals surface area contributed by atoms with E-state index in [2.05, 4.69) is 10.3 Å². The molecule has 0 atom stereocenters. The van der Waals surface area contributed by atoms with Crippen LogP contribution in [0.25, 0.3) is 0 Å². The topological polar surface area (TPSA) is 74.8 Å². The Kier molecular flexibility index (Phi) is 2.74. The van der Waals surface area contributed by atoms with Crippen LogP contribution in [0.15, 0.2) is 18.5 Å². The summed E-state index contributed by atoms with van der Waals surface area (Å²) in [5, 5.41) is 10.6. The van der Waals surface area contributed by atoms with E-state index in [9.17, 15) is 0 Å². The van der Waals surface area contributed by atoms with Gasteiger partial charge in [-0.1, -0.05) is 0 Å². The number of nitrogen functional groups attached to an aromatic ring is 1. The number of hydrogen-bond acceptors (Lipinski definition) is 3. The summed E-state index contributed by atoms with van der Waals surface area (Å²) >= 11 is 0. The second-order valence-corrected chi connectivity index (χ2v) is 4.21. The van der Waals surface area contributed by atoms with Crippen LogP contribution in [0.3, 0.4) is 0 Å². The van der Waals surface area contributed by atoms with Crippen molar-refractivity contribution in [1.82, 2.24) is 4.98 Å². The number of pyridine rings is 1. The Labute approximate surface area is 84.1 Å². The lowest BCUT2D eigenvalue weighted by Crippen LogP contribution is -2.28. The molecule has 4 nitrogen and oxygen atoms in total. The van der Waals surface area contributed by atoms with E-state index in [0.29, 0.717) is 5.56 Å². The number of amidine groups is 1. The summed E-state index contributed by atoms with van der Waals surface area (Å²) in [6, 6.07) is 1.73. The fraction of sp³-hybridized carbons (Fsp3) is 0.400. The molecule has 0 aromatic carbocycles. The van der Waals surface area contributed by atoms with Crippen LogP contribution >= 0.6 is 0 Å². The quantitative estimate of drug-likeness (QED) is 0.492. The van der Waals surface area contributed by atoms with Gasteiger partial charge < -0.3 is 11.1 Å². The first-order valence-electron chi connectivity index (χ1n) is 4.47. The highest BCUT2D eigenvalue weighted by atomic mass is 15.0. The number of rotatable bonds is 2. The fourth-order valence-electron chi connectivity index (χ4n) is 1.13. The van der Waals surface area contributed by atoms with Gasteiger partial charge in [-0.3, -0.25) is 10.4 Å². The average Bonchev–Trinajstić information content (AvgIpc) is 2.01. The molecule has 1 aromatic heterocycles. The molecule has 1 aromatic rings. The van der Waals surface area contributed by atoms with Gasteiger partial charge in [-0.2, -0.15) is 0 Å². The number of hydrogen-bond donors (Lipinski definition) is 3. The van der Waals surface area contributed by atoms with Gasteiger partial charge in [0.15, 0.2) is 0 Å².